The molecule has 0 saturated carbocycles. The number of aromatic nitrogens is 4. The highest BCUT2D eigenvalue weighted by Crippen LogP contribution is 2.05. The van der Waals surface area contributed by atoms with Gasteiger partial charge in [0.1, 0.15) is 23.8 Å². The first-order chi connectivity index (χ1) is 10.7. The van der Waals surface area contributed by atoms with E-state index < -0.39 is 0 Å². The molecule has 0 spiro atoms. The summed E-state index contributed by atoms with van der Waals surface area (Å²) < 4.78 is 1.71. The van der Waals surface area contributed by atoms with Gasteiger partial charge in [0, 0.05) is 26.3 Å². The molecule has 2 aromatic rings. The van der Waals surface area contributed by atoms with Crippen molar-refractivity contribution in [2.45, 2.75) is 19.9 Å². The van der Waals surface area contributed by atoms with Crippen LogP contribution >= 0.6 is 35.6 Å². The molecule has 0 aliphatic heterocycles. The fourth-order valence-electron chi connectivity index (χ4n) is 1.83. The molecule has 0 amide bonds. The normalized spacial score (nSPS) is 11.0. The molecule has 2 heterocycles. The Kier molecular flexibility index (Phi) is 8.85. The Morgan fingerprint density at radius 1 is 1.30 bits per heavy atom. The van der Waals surface area contributed by atoms with Crippen LogP contribution in [-0.2, 0) is 20.0 Å². The third-order valence-electron chi connectivity index (χ3n) is 3.02. The van der Waals surface area contributed by atoms with Gasteiger partial charge in [0.15, 0.2) is 5.96 Å². The maximum atomic E-state index is 5.77. The van der Waals surface area contributed by atoms with Gasteiger partial charge in [0.2, 0.25) is 0 Å². The second-order valence-electron chi connectivity index (χ2n) is 4.66. The second kappa shape index (κ2) is 10.4. The van der Waals surface area contributed by atoms with Crippen LogP contribution in [0.1, 0.15) is 18.3 Å². The van der Waals surface area contributed by atoms with Crippen molar-refractivity contribution in [3.63, 3.8) is 0 Å². The molecule has 0 unspecified atom stereocenters. The number of hydrogen-bond donors (Lipinski definition) is 2. The first-order valence-electron chi connectivity index (χ1n) is 7.14. The van der Waals surface area contributed by atoms with Crippen molar-refractivity contribution in [1.29, 1.82) is 0 Å². The molecule has 0 bridgehead atoms. The van der Waals surface area contributed by atoms with Gasteiger partial charge >= 0.3 is 0 Å². The zero-order valence-electron chi connectivity index (χ0n) is 13.2. The highest BCUT2D eigenvalue weighted by atomic mass is 127. The lowest BCUT2D eigenvalue weighted by atomic mass is 10.2. The molecule has 126 valence electrons. The summed E-state index contributed by atoms with van der Waals surface area (Å²) in [5, 5.41) is 11.0. The molecular weight excluding hydrogens is 429 g/mol. The minimum atomic E-state index is 0. The van der Waals surface area contributed by atoms with Crippen LogP contribution in [0.2, 0.25) is 5.15 Å². The van der Waals surface area contributed by atoms with E-state index in [-0.39, 0.29) is 24.0 Å². The van der Waals surface area contributed by atoms with Crippen molar-refractivity contribution in [1.82, 2.24) is 30.4 Å². The molecule has 0 atom stereocenters. The molecule has 0 aliphatic rings. The van der Waals surface area contributed by atoms with E-state index in [9.17, 15) is 0 Å². The fourth-order valence-corrected chi connectivity index (χ4v) is 1.95. The largest absolute Gasteiger partial charge is 0.357 e. The highest BCUT2D eigenvalue weighted by molar-refractivity contribution is 14.0. The average Bonchev–Trinajstić information content (AvgIpc) is 2.92. The third-order valence-corrected chi connectivity index (χ3v) is 3.25. The first kappa shape index (κ1) is 19.6. The molecule has 7 nitrogen and oxygen atoms in total. The van der Waals surface area contributed by atoms with Crippen molar-refractivity contribution >= 4 is 41.5 Å². The second-order valence-corrected chi connectivity index (χ2v) is 5.05. The topological polar surface area (TPSA) is 80.0 Å². The predicted molar refractivity (Wildman–Crippen MR) is 102 cm³/mol. The summed E-state index contributed by atoms with van der Waals surface area (Å²) in [7, 11) is 1.85. The number of aliphatic imine (C=N–C) groups is 1. The Morgan fingerprint density at radius 2 is 2.13 bits per heavy atom. The lowest BCUT2D eigenvalue weighted by molar-refractivity contribution is 0.697. The summed E-state index contributed by atoms with van der Waals surface area (Å²) in [6, 6.07) is 3.77. The van der Waals surface area contributed by atoms with Crippen LogP contribution < -0.4 is 10.6 Å². The van der Waals surface area contributed by atoms with Crippen molar-refractivity contribution in [2.75, 3.05) is 13.1 Å². The van der Waals surface area contributed by atoms with Gasteiger partial charge in [-0.2, -0.15) is 5.10 Å². The van der Waals surface area contributed by atoms with E-state index in [0.717, 1.165) is 36.9 Å². The average molecular weight is 450 g/mol. The third kappa shape index (κ3) is 6.69. The molecule has 2 N–H and O–H groups in total. The quantitative estimate of drug-likeness (QED) is 0.304. The van der Waals surface area contributed by atoms with E-state index >= 15 is 0 Å². The van der Waals surface area contributed by atoms with E-state index in [1.54, 1.807) is 16.9 Å². The van der Waals surface area contributed by atoms with Gasteiger partial charge in [-0.25, -0.2) is 15.0 Å². The van der Waals surface area contributed by atoms with Crippen LogP contribution in [0.5, 0.6) is 0 Å². The number of aryl methyl sites for hydroxylation is 1. The van der Waals surface area contributed by atoms with Gasteiger partial charge in [-0.1, -0.05) is 17.7 Å². The number of halogens is 2. The number of nitrogens with one attached hydrogen (secondary N) is 2. The van der Waals surface area contributed by atoms with E-state index in [1.165, 1.54) is 6.33 Å². The smallest absolute Gasteiger partial charge is 0.191 e. The SMILES string of the molecule is CCNC(=NCc1ncnn1C)NCCc1ccc(Cl)nc1.I. The monoisotopic (exact) mass is 449 g/mol. The van der Waals surface area contributed by atoms with E-state index in [2.05, 4.69) is 30.7 Å². The minimum absolute atomic E-state index is 0. The summed E-state index contributed by atoms with van der Waals surface area (Å²) in [5.74, 6) is 1.58. The van der Waals surface area contributed by atoms with Gasteiger partial charge in [-0.15, -0.1) is 24.0 Å². The zero-order chi connectivity index (χ0) is 15.8. The Hall–Kier alpha value is -1.42. The van der Waals surface area contributed by atoms with Gasteiger partial charge < -0.3 is 10.6 Å². The first-order valence-corrected chi connectivity index (χ1v) is 7.52. The highest BCUT2D eigenvalue weighted by Gasteiger charge is 2.02. The number of pyridine rings is 1. The summed E-state index contributed by atoms with van der Waals surface area (Å²) in [4.78, 5) is 12.7. The maximum Gasteiger partial charge on any atom is 0.191 e. The summed E-state index contributed by atoms with van der Waals surface area (Å²) in [6.45, 7) is 4.07. The Balaban J connectivity index is 0.00000264. The van der Waals surface area contributed by atoms with E-state index in [1.807, 2.05) is 20.0 Å². The molecule has 0 fully saturated rings. The molecule has 0 aromatic carbocycles. The standard InChI is InChI=1S/C14H20ClN7.HI/c1-3-16-14(19-9-13-20-10-21-22(13)2)17-7-6-11-4-5-12(15)18-8-11;/h4-5,8,10H,3,6-7,9H2,1-2H3,(H2,16,17,19);1H. The summed E-state index contributed by atoms with van der Waals surface area (Å²) >= 11 is 5.77. The summed E-state index contributed by atoms with van der Waals surface area (Å²) in [5.41, 5.74) is 1.13. The molecule has 0 saturated heterocycles. The lowest BCUT2D eigenvalue weighted by Gasteiger charge is -2.11. The van der Waals surface area contributed by atoms with Gasteiger partial charge in [-0.05, 0) is 25.0 Å². The van der Waals surface area contributed by atoms with Crippen LogP contribution in [-0.4, -0.2) is 38.8 Å². The molecular formula is C14H21ClIN7. The van der Waals surface area contributed by atoms with Crippen LogP contribution in [0.3, 0.4) is 0 Å². The molecule has 9 heteroatoms. The van der Waals surface area contributed by atoms with Crippen LogP contribution in [0.4, 0.5) is 0 Å². The van der Waals surface area contributed by atoms with Gasteiger partial charge in [0.25, 0.3) is 0 Å². The van der Waals surface area contributed by atoms with Gasteiger partial charge in [0.05, 0.1) is 0 Å². The number of rotatable bonds is 6. The number of hydrogen-bond acceptors (Lipinski definition) is 4. The van der Waals surface area contributed by atoms with E-state index in [4.69, 9.17) is 11.6 Å². The lowest BCUT2D eigenvalue weighted by Crippen LogP contribution is -2.38. The molecule has 23 heavy (non-hydrogen) atoms. The minimum Gasteiger partial charge on any atom is -0.357 e. The Bertz CT molecular complexity index is 612. The number of guanidine groups is 1. The van der Waals surface area contributed by atoms with Crippen LogP contribution in [0.25, 0.3) is 0 Å². The van der Waals surface area contributed by atoms with Crippen molar-refractivity contribution in [2.24, 2.45) is 12.0 Å². The maximum absolute atomic E-state index is 5.77. The predicted octanol–water partition coefficient (Wildman–Crippen LogP) is 1.78. The van der Waals surface area contributed by atoms with Crippen molar-refractivity contribution in [3.05, 3.63) is 41.2 Å². The molecule has 2 rings (SSSR count). The number of nitrogens with zero attached hydrogens (tertiary/aromatic N) is 5. The van der Waals surface area contributed by atoms with Crippen LogP contribution in [0, 0.1) is 0 Å². The van der Waals surface area contributed by atoms with Crippen molar-refractivity contribution in [3.8, 4) is 0 Å². The van der Waals surface area contributed by atoms with E-state index in [0.29, 0.717) is 11.7 Å². The van der Waals surface area contributed by atoms with Crippen molar-refractivity contribution < 1.29 is 0 Å². The Morgan fingerprint density at radius 3 is 2.74 bits per heavy atom. The zero-order valence-corrected chi connectivity index (χ0v) is 16.2. The molecule has 0 aliphatic carbocycles. The summed E-state index contributed by atoms with van der Waals surface area (Å²) in [6.07, 6.45) is 4.16. The molecule has 2 aromatic heterocycles. The van der Waals surface area contributed by atoms with Gasteiger partial charge in [-0.3, -0.25) is 4.68 Å². The Labute approximate surface area is 158 Å². The fraction of sp³-hybridized carbons (Fsp3) is 0.429. The molecule has 0 radical (unpaired) electrons. The van der Waals surface area contributed by atoms with Crippen LogP contribution in [0.15, 0.2) is 29.6 Å².